The average molecular weight is 323 g/mol. The second-order valence-corrected chi connectivity index (χ2v) is 5.09. The zero-order chi connectivity index (χ0) is 14.0. The van der Waals surface area contributed by atoms with Gasteiger partial charge in [-0.3, -0.25) is 9.48 Å². The number of aryl methyl sites for hydroxylation is 3. The number of hydrogen-bond donors (Lipinski definition) is 1. The SMILES string of the molecule is CCc1nn(C)cc1C(=O)Nc1ccc(Br)c(C)n1. The van der Waals surface area contributed by atoms with Gasteiger partial charge in [-0.2, -0.15) is 5.10 Å². The van der Waals surface area contributed by atoms with Crippen LogP contribution >= 0.6 is 15.9 Å². The van der Waals surface area contributed by atoms with E-state index in [2.05, 4.69) is 31.3 Å². The third kappa shape index (κ3) is 3.01. The summed E-state index contributed by atoms with van der Waals surface area (Å²) in [7, 11) is 1.80. The van der Waals surface area contributed by atoms with Crippen molar-refractivity contribution in [2.24, 2.45) is 7.05 Å². The van der Waals surface area contributed by atoms with Crippen LogP contribution in [0.1, 0.15) is 28.7 Å². The van der Waals surface area contributed by atoms with Gasteiger partial charge in [0.1, 0.15) is 5.82 Å². The molecule has 0 unspecified atom stereocenters. The molecule has 0 spiro atoms. The van der Waals surface area contributed by atoms with Crippen molar-refractivity contribution in [3.8, 4) is 0 Å². The summed E-state index contributed by atoms with van der Waals surface area (Å²) in [6.07, 6.45) is 2.44. The predicted molar refractivity (Wildman–Crippen MR) is 77.2 cm³/mol. The van der Waals surface area contributed by atoms with Gasteiger partial charge in [0.2, 0.25) is 0 Å². The Morgan fingerprint density at radius 3 is 2.84 bits per heavy atom. The maximum absolute atomic E-state index is 12.2. The molecule has 0 saturated heterocycles. The highest BCUT2D eigenvalue weighted by Crippen LogP contribution is 2.17. The first-order valence-corrected chi connectivity index (χ1v) is 6.77. The van der Waals surface area contributed by atoms with Crippen LogP contribution in [0, 0.1) is 6.92 Å². The monoisotopic (exact) mass is 322 g/mol. The zero-order valence-corrected chi connectivity index (χ0v) is 12.7. The van der Waals surface area contributed by atoms with Gasteiger partial charge in [-0.05, 0) is 41.4 Å². The van der Waals surface area contributed by atoms with Gasteiger partial charge < -0.3 is 5.32 Å². The fourth-order valence-electron chi connectivity index (χ4n) is 1.78. The molecule has 0 aliphatic carbocycles. The third-order valence-electron chi connectivity index (χ3n) is 2.75. The Hall–Kier alpha value is -1.69. The molecule has 0 aromatic carbocycles. The van der Waals surface area contributed by atoms with Gasteiger partial charge in [0.05, 0.1) is 17.0 Å². The van der Waals surface area contributed by atoms with Crippen LogP contribution in [0.5, 0.6) is 0 Å². The fraction of sp³-hybridized carbons (Fsp3) is 0.308. The number of halogens is 1. The lowest BCUT2D eigenvalue weighted by Crippen LogP contribution is -2.14. The molecule has 19 heavy (non-hydrogen) atoms. The van der Waals surface area contributed by atoms with Crippen molar-refractivity contribution in [2.75, 3.05) is 5.32 Å². The van der Waals surface area contributed by atoms with Crippen molar-refractivity contribution < 1.29 is 4.79 Å². The summed E-state index contributed by atoms with van der Waals surface area (Å²) in [6, 6.07) is 3.62. The number of rotatable bonds is 3. The molecule has 1 amide bonds. The molecule has 0 fully saturated rings. The van der Waals surface area contributed by atoms with Crippen LogP contribution in [-0.2, 0) is 13.5 Å². The average Bonchev–Trinajstić information content (AvgIpc) is 2.75. The Kier molecular flexibility index (Phi) is 3.99. The Bertz CT molecular complexity index is 621. The first kappa shape index (κ1) is 13.7. The van der Waals surface area contributed by atoms with Crippen molar-refractivity contribution in [3.63, 3.8) is 0 Å². The van der Waals surface area contributed by atoms with Gasteiger partial charge in [-0.1, -0.05) is 6.92 Å². The van der Waals surface area contributed by atoms with Gasteiger partial charge in [0.25, 0.3) is 5.91 Å². The van der Waals surface area contributed by atoms with E-state index in [9.17, 15) is 4.79 Å². The molecule has 0 atom stereocenters. The summed E-state index contributed by atoms with van der Waals surface area (Å²) in [4.78, 5) is 16.5. The van der Waals surface area contributed by atoms with Crippen LogP contribution in [0.3, 0.4) is 0 Å². The summed E-state index contributed by atoms with van der Waals surface area (Å²) in [5.41, 5.74) is 2.21. The van der Waals surface area contributed by atoms with Crippen molar-refractivity contribution in [2.45, 2.75) is 20.3 Å². The van der Waals surface area contributed by atoms with E-state index in [0.29, 0.717) is 11.4 Å². The molecular weight excluding hydrogens is 308 g/mol. The number of anilines is 1. The van der Waals surface area contributed by atoms with Crippen LogP contribution in [-0.4, -0.2) is 20.7 Å². The number of aromatic nitrogens is 3. The fourth-order valence-corrected chi connectivity index (χ4v) is 2.00. The van der Waals surface area contributed by atoms with Crippen molar-refractivity contribution in [1.29, 1.82) is 0 Å². The molecule has 1 N–H and O–H groups in total. The topological polar surface area (TPSA) is 59.8 Å². The number of carbonyl (C=O) groups excluding carboxylic acids is 1. The Labute approximate surface area is 120 Å². The van der Waals surface area contributed by atoms with Gasteiger partial charge in [-0.25, -0.2) is 4.98 Å². The summed E-state index contributed by atoms with van der Waals surface area (Å²) >= 11 is 3.38. The van der Waals surface area contributed by atoms with E-state index in [1.165, 1.54) is 0 Å². The maximum atomic E-state index is 12.2. The van der Waals surface area contributed by atoms with Crippen molar-refractivity contribution in [3.05, 3.63) is 39.8 Å². The number of carbonyl (C=O) groups is 1. The van der Waals surface area contributed by atoms with Crippen molar-refractivity contribution >= 4 is 27.7 Å². The number of nitrogens with zero attached hydrogens (tertiary/aromatic N) is 3. The molecule has 0 aliphatic rings. The highest BCUT2D eigenvalue weighted by molar-refractivity contribution is 9.10. The molecule has 0 saturated carbocycles. The molecule has 2 heterocycles. The third-order valence-corrected chi connectivity index (χ3v) is 3.59. The molecular formula is C13H15BrN4O. The highest BCUT2D eigenvalue weighted by atomic mass is 79.9. The first-order valence-electron chi connectivity index (χ1n) is 5.98. The minimum absolute atomic E-state index is 0.181. The smallest absolute Gasteiger partial charge is 0.260 e. The number of hydrogen-bond acceptors (Lipinski definition) is 3. The van der Waals surface area contributed by atoms with Crippen molar-refractivity contribution in [1.82, 2.24) is 14.8 Å². The Morgan fingerprint density at radius 2 is 2.21 bits per heavy atom. The summed E-state index contributed by atoms with van der Waals surface area (Å²) in [5, 5.41) is 7.04. The molecule has 2 aromatic heterocycles. The number of amides is 1. The summed E-state index contributed by atoms with van der Waals surface area (Å²) in [5.74, 6) is 0.357. The minimum atomic E-state index is -0.181. The molecule has 100 valence electrons. The van der Waals surface area contributed by atoms with Crippen LogP contribution in [0.25, 0.3) is 0 Å². The van der Waals surface area contributed by atoms with E-state index in [1.807, 2.05) is 19.9 Å². The van der Waals surface area contributed by atoms with Gasteiger partial charge >= 0.3 is 0 Å². The van der Waals surface area contributed by atoms with E-state index in [-0.39, 0.29) is 5.91 Å². The lowest BCUT2D eigenvalue weighted by atomic mass is 10.2. The van der Waals surface area contributed by atoms with Crippen LogP contribution in [0.4, 0.5) is 5.82 Å². The predicted octanol–water partition coefficient (Wildman–Crippen LogP) is 2.70. The number of pyridine rings is 1. The molecule has 0 aliphatic heterocycles. The quantitative estimate of drug-likeness (QED) is 0.945. The standard InChI is InChI=1S/C13H15BrN4O/c1-4-11-9(7-18(3)17-11)13(19)16-12-6-5-10(14)8(2)15-12/h5-7H,4H2,1-3H3,(H,15,16,19). The number of nitrogens with one attached hydrogen (secondary N) is 1. The van der Waals surface area contributed by atoms with Gasteiger partial charge in [0, 0.05) is 17.7 Å². The zero-order valence-electron chi connectivity index (χ0n) is 11.1. The molecule has 0 radical (unpaired) electrons. The minimum Gasteiger partial charge on any atom is -0.306 e. The highest BCUT2D eigenvalue weighted by Gasteiger charge is 2.15. The first-order chi connectivity index (χ1) is 9.01. The summed E-state index contributed by atoms with van der Waals surface area (Å²) in [6.45, 7) is 3.85. The van der Waals surface area contributed by atoms with Gasteiger partial charge in [-0.15, -0.1) is 0 Å². The van der Waals surface area contributed by atoms with E-state index in [0.717, 1.165) is 22.3 Å². The second-order valence-electron chi connectivity index (χ2n) is 4.23. The Morgan fingerprint density at radius 1 is 1.47 bits per heavy atom. The van der Waals surface area contributed by atoms with E-state index in [4.69, 9.17) is 0 Å². The van der Waals surface area contributed by atoms with E-state index >= 15 is 0 Å². The van der Waals surface area contributed by atoms with Crippen LogP contribution in [0.2, 0.25) is 0 Å². The Balaban J connectivity index is 2.22. The lowest BCUT2D eigenvalue weighted by molar-refractivity contribution is 0.102. The summed E-state index contributed by atoms with van der Waals surface area (Å²) < 4.78 is 2.56. The molecule has 6 heteroatoms. The second kappa shape index (κ2) is 5.52. The van der Waals surface area contributed by atoms with Gasteiger partial charge in [0.15, 0.2) is 0 Å². The lowest BCUT2D eigenvalue weighted by Gasteiger charge is -2.05. The van der Waals surface area contributed by atoms with E-state index in [1.54, 1.807) is 24.0 Å². The molecule has 2 rings (SSSR count). The normalized spacial score (nSPS) is 10.5. The van der Waals surface area contributed by atoms with E-state index < -0.39 is 0 Å². The van der Waals surface area contributed by atoms with Crippen LogP contribution in [0.15, 0.2) is 22.8 Å². The largest absolute Gasteiger partial charge is 0.306 e. The molecule has 2 aromatic rings. The maximum Gasteiger partial charge on any atom is 0.260 e. The molecule has 5 nitrogen and oxygen atoms in total. The molecule has 0 bridgehead atoms. The van der Waals surface area contributed by atoms with Crippen LogP contribution < -0.4 is 5.32 Å².